The van der Waals surface area contributed by atoms with Gasteiger partial charge in [0.1, 0.15) is 23.5 Å². The van der Waals surface area contributed by atoms with E-state index in [2.05, 4.69) is 26.0 Å². The Labute approximate surface area is 208 Å². The van der Waals surface area contributed by atoms with Gasteiger partial charge in [0.05, 0.1) is 42.0 Å². The van der Waals surface area contributed by atoms with Gasteiger partial charge in [0.25, 0.3) is 0 Å². The molecule has 10 heteroatoms. The third-order valence-corrected chi connectivity index (χ3v) is 6.21. The van der Waals surface area contributed by atoms with Crippen molar-refractivity contribution in [1.82, 2.24) is 24.5 Å². The van der Waals surface area contributed by atoms with Crippen LogP contribution >= 0.6 is 0 Å². The lowest BCUT2D eigenvalue weighted by molar-refractivity contribution is 0.233. The van der Waals surface area contributed by atoms with Gasteiger partial charge in [-0.1, -0.05) is 0 Å². The number of hydrogen-bond acceptors (Lipinski definition) is 8. The summed E-state index contributed by atoms with van der Waals surface area (Å²) < 4.78 is 20.5. The van der Waals surface area contributed by atoms with Gasteiger partial charge in [-0.05, 0) is 30.3 Å². The highest BCUT2D eigenvalue weighted by atomic mass is 19.1. The summed E-state index contributed by atoms with van der Waals surface area (Å²) in [6, 6.07) is 11.2. The summed E-state index contributed by atoms with van der Waals surface area (Å²) in [7, 11) is 0. The molecule has 0 atom stereocenters. The molecule has 0 bridgehead atoms. The van der Waals surface area contributed by atoms with E-state index in [1.807, 2.05) is 24.4 Å². The zero-order valence-electron chi connectivity index (χ0n) is 19.7. The molecule has 0 radical (unpaired) electrons. The van der Waals surface area contributed by atoms with Gasteiger partial charge >= 0.3 is 0 Å². The fourth-order valence-corrected chi connectivity index (χ4v) is 4.33. The maximum Gasteiger partial charge on any atom is 0.141 e. The summed E-state index contributed by atoms with van der Waals surface area (Å²) >= 11 is 0. The van der Waals surface area contributed by atoms with Crippen LogP contribution < -0.4 is 9.64 Å². The van der Waals surface area contributed by atoms with Crippen molar-refractivity contribution in [2.24, 2.45) is 0 Å². The number of aromatic nitrogens is 4. The number of pyridine rings is 3. The molecule has 0 aliphatic carbocycles. The molecule has 1 N–H and O–H groups in total. The van der Waals surface area contributed by atoms with Crippen molar-refractivity contribution in [1.29, 1.82) is 5.26 Å². The molecule has 1 fully saturated rings. The molecule has 4 aromatic heterocycles. The van der Waals surface area contributed by atoms with Gasteiger partial charge in [-0.25, -0.2) is 13.9 Å². The first-order chi connectivity index (χ1) is 17.6. The molecule has 0 unspecified atom stereocenters. The van der Waals surface area contributed by atoms with Crippen molar-refractivity contribution >= 4 is 11.3 Å². The molecule has 1 aliphatic heterocycles. The average molecular weight is 488 g/mol. The fraction of sp³-hybridized carbons (Fsp3) is 0.308. The average Bonchev–Trinajstić information content (AvgIpc) is 3.33. The van der Waals surface area contributed by atoms with Crippen molar-refractivity contribution in [3.63, 3.8) is 0 Å². The molecule has 0 spiro atoms. The Morgan fingerprint density at radius 2 is 1.92 bits per heavy atom. The van der Waals surface area contributed by atoms with Crippen LogP contribution in [0.5, 0.6) is 5.75 Å². The lowest BCUT2D eigenvalue weighted by Crippen LogP contribution is -2.46. The highest BCUT2D eigenvalue weighted by molar-refractivity contribution is 5.85. The van der Waals surface area contributed by atoms with Gasteiger partial charge in [0.15, 0.2) is 0 Å². The standard InChI is InChI=1S/C26H26FN7O2/c27-21-3-4-22(29-16-21)17-32-6-8-33(9-7-32)25-5-2-19(14-30-25)24-12-23(36-11-1-10-35)18-34-26(24)20(13-28)15-31-34/h2-5,12,14-16,18,35H,1,6-11,17H2. The Kier molecular flexibility index (Phi) is 7.02. The lowest BCUT2D eigenvalue weighted by Gasteiger charge is -2.35. The molecular formula is C26H26FN7O2. The first-order valence-electron chi connectivity index (χ1n) is 11.8. The first-order valence-corrected chi connectivity index (χ1v) is 11.8. The van der Waals surface area contributed by atoms with Gasteiger partial charge in [0.2, 0.25) is 0 Å². The smallest absolute Gasteiger partial charge is 0.141 e. The maximum absolute atomic E-state index is 13.1. The zero-order chi connectivity index (χ0) is 24.9. The predicted molar refractivity (Wildman–Crippen MR) is 132 cm³/mol. The van der Waals surface area contributed by atoms with Crippen LogP contribution in [0.25, 0.3) is 16.6 Å². The number of ether oxygens (including phenoxy) is 1. The van der Waals surface area contributed by atoms with Crippen molar-refractivity contribution in [2.45, 2.75) is 13.0 Å². The van der Waals surface area contributed by atoms with Crippen molar-refractivity contribution in [2.75, 3.05) is 44.3 Å². The monoisotopic (exact) mass is 487 g/mol. The van der Waals surface area contributed by atoms with E-state index in [1.165, 1.54) is 12.3 Å². The van der Waals surface area contributed by atoms with Crippen LogP contribution in [0.4, 0.5) is 10.2 Å². The quantitative estimate of drug-likeness (QED) is 0.379. The van der Waals surface area contributed by atoms with Gasteiger partial charge < -0.3 is 14.7 Å². The van der Waals surface area contributed by atoms with Crippen LogP contribution in [0.2, 0.25) is 0 Å². The highest BCUT2D eigenvalue weighted by Gasteiger charge is 2.19. The second-order valence-corrected chi connectivity index (χ2v) is 8.61. The molecule has 4 aromatic rings. The van der Waals surface area contributed by atoms with E-state index in [0.717, 1.165) is 48.8 Å². The molecule has 184 valence electrons. The summed E-state index contributed by atoms with van der Waals surface area (Å²) in [5.41, 5.74) is 3.70. The fourth-order valence-electron chi connectivity index (χ4n) is 4.33. The largest absolute Gasteiger partial charge is 0.492 e. The van der Waals surface area contributed by atoms with Gasteiger partial charge in [-0.3, -0.25) is 9.88 Å². The molecule has 0 amide bonds. The number of nitriles is 1. The number of nitrogens with zero attached hydrogens (tertiary/aromatic N) is 7. The SMILES string of the molecule is N#Cc1cnn2cc(OCCCO)cc(-c3ccc(N4CCN(Cc5ccc(F)cn5)CC4)nc3)c12. The second kappa shape index (κ2) is 10.7. The van der Waals surface area contributed by atoms with Crippen LogP contribution in [0.15, 0.2) is 55.1 Å². The van der Waals surface area contributed by atoms with Crippen molar-refractivity contribution in [3.8, 4) is 22.9 Å². The van der Waals surface area contributed by atoms with E-state index in [4.69, 9.17) is 14.8 Å². The third kappa shape index (κ3) is 5.12. The van der Waals surface area contributed by atoms with Crippen LogP contribution in [-0.2, 0) is 6.54 Å². The number of hydrogen-bond donors (Lipinski definition) is 1. The summed E-state index contributed by atoms with van der Waals surface area (Å²) in [6.07, 6.45) is 6.87. The molecule has 36 heavy (non-hydrogen) atoms. The van der Waals surface area contributed by atoms with E-state index in [-0.39, 0.29) is 12.4 Å². The number of anilines is 1. The number of fused-ring (bicyclic) bond motifs is 1. The zero-order valence-corrected chi connectivity index (χ0v) is 19.7. The summed E-state index contributed by atoms with van der Waals surface area (Å²) in [5.74, 6) is 1.17. The number of rotatable bonds is 8. The van der Waals surface area contributed by atoms with E-state index >= 15 is 0 Å². The third-order valence-electron chi connectivity index (χ3n) is 6.21. The number of piperazine rings is 1. The van der Waals surface area contributed by atoms with E-state index < -0.39 is 0 Å². The van der Waals surface area contributed by atoms with Crippen LogP contribution in [-0.4, -0.2) is 69.0 Å². The molecule has 1 saturated heterocycles. The minimum atomic E-state index is -0.322. The van der Waals surface area contributed by atoms with Crippen LogP contribution in [0, 0.1) is 17.1 Å². The minimum absolute atomic E-state index is 0.0538. The first kappa shape index (κ1) is 23.7. The van der Waals surface area contributed by atoms with Crippen molar-refractivity contribution < 1.29 is 14.2 Å². The van der Waals surface area contributed by atoms with E-state index in [9.17, 15) is 9.65 Å². The molecule has 5 rings (SSSR count). The Bertz CT molecular complexity index is 1360. The highest BCUT2D eigenvalue weighted by Crippen LogP contribution is 2.31. The van der Waals surface area contributed by atoms with E-state index in [0.29, 0.717) is 36.4 Å². The minimum Gasteiger partial charge on any atom is -0.492 e. The van der Waals surface area contributed by atoms with Crippen LogP contribution in [0.3, 0.4) is 0 Å². The maximum atomic E-state index is 13.1. The summed E-state index contributed by atoms with van der Waals surface area (Å²) in [5, 5.41) is 22.9. The molecular weight excluding hydrogens is 461 g/mol. The van der Waals surface area contributed by atoms with Gasteiger partial charge in [-0.15, -0.1) is 0 Å². The van der Waals surface area contributed by atoms with Gasteiger partial charge in [0, 0.05) is 63.1 Å². The molecule has 1 aliphatic rings. The summed E-state index contributed by atoms with van der Waals surface area (Å²) in [6.45, 7) is 4.50. The topological polar surface area (TPSA) is 103 Å². The Balaban J connectivity index is 1.31. The molecule has 0 aromatic carbocycles. The number of aliphatic hydroxyl groups is 1. The van der Waals surface area contributed by atoms with Crippen molar-refractivity contribution in [3.05, 3.63) is 72.2 Å². The number of aliphatic hydroxyl groups excluding tert-OH is 1. The van der Waals surface area contributed by atoms with E-state index in [1.54, 1.807) is 23.0 Å². The predicted octanol–water partition coefficient (Wildman–Crippen LogP) is 2.89. The molecule has 0 saturated carbocycles. The second-order valence-electron chi connectivity index (χ2n) is 8.61. The molecule has 5 heterocycles. The Morgan fingerprint density at radius 1 is 1.06 bits per heavy atom. The van der Waals surface area contributed by atoms with Crippen LogP contribution in [0.1, 0.15) is 17.7 Å². The normalized spacial score (nSPS) is 14.2. The summed E-state index contributed by atoms with van der Waals surface area (Å²) in [4.78, 5) is 13.4. The Morgan fingerprint density at radius 3 is 2.61 bits per heavy atom. The van der Waals surface area contributed by atoms with Gasteiger partial charge in [-0.2, -0.15) is 10.4 Å². The molecule has 9 nitrogen and oxygen atoms in total. The Hall–Kier alpha value is -4.07. The lowest BCUT2D eigenvalue weighted by atomic mass is 10.1. The number of halogens is 1.